The predicted molar refractivity (Wildman–Crippen MR) is 74.4 cm³/mol. The van der Waals surface area contributed by atoms with E-state index in [1.165, 1.54) is 7.11 Å². The Balaban J connectivity index is 2.61. The zero-order chi connectivity index (χ0) is 15.0. The lowest BCUT2D eigenvalue weighted by Crippen LogP contribution is -2.43. The van der Waals surface area contributed by atoms with Gasteiger partial charge in [-0.2, -0.15) is 0 Å². The normalized spacial score (nSPS) is 11.2. The molecule has 1 atom stereocenters. The highest BCUT2D eigenvalue weighted by Crippen LogP contribution is 2.09. The average Bonchev–Trinajstić information content (AvgIpc) is 2.43. The van der Waals surface area contributed by atoms with Crippen LogP contribution in [-0.4, -0.2) is 36.9 Å². The lowest BCUT2D eigenvalue weighted by Gasteiger charge is -2.14. The number of methoxy groups -OCH3 is 1. The van der Waals surface area contributed by atoms with Gasteiger partial charge in [0.05, 0.1) is 0 Å². The third kappa shape index (κ3) is 5.00. The quantitative estimate of drug-likeness (QED) is 0.683. The molecule has 1 rings (SSSR count). The number of ether oxygens (including phenoxy) is 1. The molecule has 1 aromatic carbocycles. The molecule has 6 heteroatoms. The van der Waals surface area contributed by atoms with Gasteiger partial charge in [-0.05, 0) is 18.2 Å². The van der Waals surface area contributed by atoms with Crippen molar-refractivity contribution in [3.63, 3.8) is 0 Å². The number of anilines is 1. The zero-order valence-corrected chi connectivity index (χ0v) is 11.1. The van der Waals surface area contributed by atoms with Crippen molar-refractivity contribution in [1.82, 2.24) is 5.32 Å². The van der Waals surface area contributed by atoms with E-state index in [9.17, 15) is 9.59 Å². The van der Waals surface area contributed by atoms with Crippen molar-refractivity contribution in [1.29, 1.82) is 0 Å². The Morgan fingerprint density at radius 3 is 2.85 bits per heavy atom. The molecule has 6 nitrogen and oxygen atoms in total. The third-order valence-electron chi connectivity index (χ3n) is 2.50. The van der Waals surface area contributed by atoms with Crippen molar-refractivity contribution >= 4 is 17.7 Å². The minimum Gasteiger partial charge on any atom is -0.480 e. The molecule has 1 unspecified atom stereocenters. The topological polar surface area (TPSA) is 87.7 Å². The molecule has 3 N–H and O–H groups in total. The highest BCUT2D eigenvalue weighted by Gasteiger charge is 2.19. The molecule has 0 aliphatic carbocycles. The molecular weight excluding hydrogens is 260 g/mol. The minimum atomic E-state index is -1.12. The molecule has 0 aliphatic rings. The van der Waals surface area contributed by atoms with E-state index in [1.54, 1.807) is 24.3 Å². The fraction of sp³-hybridized carbons (Fsp3) is 0.286. The second-order valence-corrected chi connectivity index (χ2v) is 4.00. The summed E-state index contributed by atoms with van der Waals surface area (Å²) in [4.78, 5) is 22.7. The number of carboxylic acids is 1. The number of aliphatic carboxylic acids is 1. The first-order valence-electron chi connectivity index (χ1n) is 5.92. The van der Waals surface area contributed by atoms with E-state index in [1.807, 2.05) is 0 Å². The van der Waals surface area contributed by atoms with E-state index in [4.69, 9.17) is 16.3 Å². The summed E-state index contributed by atoms with van der Waals surface area (Å²) >= 11 is 0. The second kappa shape index (κ2) is 7.81. The summed E-state index contributed by atoms with van der Waals surface area (Å²) in [5.41, 5.74) is 1.12. The number of benzene rings is 1. The van der Waals surface area contributed by atoms with Crippen molar-refractivity contribution in [2.24, 2.45) is 0 Å². The fourth-order valence-electron chi connectivity index (χ4n) is 1.51. The van der Waals surface area contributed by atoms with Gasteiger partial charge >= 0.3 is 12.0 Å². The third-order valence-corrected chi connectivity index (χ3v) is 2.50. The number of carboxylic acid groups (broad SMARTS) is 1. The summed E-state index contributed by atoms with van der Waals surface area (Å²) in [5, 5.41) is 13.9. The number of nitrogens with one attached hydrogen (secondary N) is 2. The van der Waals surface area contributed by atoms with Crippen LogP contribution in [0, 0.1) is 12.3 Å². The van der Waals surface area contributed by atoms with Gasteiger partial charge in [0.1, 0.15) is 6.04 Å². The standard InChI is InChI=1S/C14H16N2O4/c1-3-10-5-4-6-11(9-10)15-14(19)16-12(13(17)18)7-8-20-2/h1,4-6,9,12H,7-8H2,2H3,(H,17,18)(H2,15,16,19). The minimum absolute atomic E-state index is 0.184. The van der Waals surface area contributed by atoms with Crippen LogP contribution >= 0.6 is 0 Å². The molecule has 0 saturated heterocycles. The highest BCUT2D eigenvalue weighted by atomic mass is 16.5. The molecule has 1 aromatic rings. The van der Waals surface area contributed by atoms with Crippen molar-refractivity contribution in [2.75, 3.05) is 19.0 Å². The first-order chi connectivity index (χ1) is 9.56. The van der Waals surface area contributed by atoms with Crippen LogP contribution in [0.1, 0.15) is 12.0 Å². The number of hydrogen-bond donors (Lipinski definition) is 3. The van der Waals surface area contributed by atoms with Crippen LogP contribution in [0.3, 0.4) is 0 Å². The Kier molecular flexibility index (Phi) is 6.07. The Bertz CT molecular complexity index is 522. The molecule has 0 radical (unpaired) electrons. The molecule has 2 amide bonds. The van der Waals surface area contributed by atoms with Crippen molar-refractivity contribution in [3.05, 3.63) is 29.8 Å². The predicted octanol–water partition coefficient (Wildman–Crippen LogP) is 1.28. The smallest absolute Gasteiger partial charge is 0.326 e. The summed E-state index contributed by atoms with van der Waals surface area (Å²) in [6.45, 7) is 0.240. The number of urea groups is 1. The van der Waals surface area contributed by atoms with Crippen molar-refractivity contribution in [3.8, 4) is 12.3 Å². The molecule has 0 fully saturated rings. The van der Waals surface area contributed by atoms with Gasteiger partial charge in [-0.25, -0.2) is 9.59 Å². The van der Waals surface area contributed by atoms with Crippen LogP contribution in [0.4, 0.5) is 10.5 Å². The van der Waals surface area contributed by atoms with Crippen LogP contribution in [0.25, 0.3) is 0 Å². The van der Waals surface area contributed by atoms with Crippen LogP contribution in [-0.2, 0) is 9.53 Å². The zero-order valence-electron chi connectivity index (χ0n) is 11.1. The van der Waals surface area contributed by atoms with Crippen LogP contribution in [0.15, 0.2) is 24.3 Å². The summed E-state index contributed by atoms with van der Waals surface area (Å²) in [6, 6.07) is 5.08. The molecule has 0 bridgehead atoms. The van der Waals surface area contributed by atoms with Gasteiger partial charge in [0.15, 0.2) is 0 Å². The van der Waals surface area contributed by atoms with Crippen molar-refractivity contribution in [2.45, 2.75) is 12.5 Å². The van der Waals surface area contributed by atoms with Gasteiger partial charge < -0.3 is 20.5 Å². The maximum Gasteiger partial charge on any atom is 0.326 e. The Hall–Kier alpha value is -2.52. The van der Waals surface area contributed by atoms with E-state index in [-0.39, 0.29) is 13.0 Å². The molecular formula is C14H16N2O4. The number of carbonyl (C=O) groups excluding carboxylic acids is 1. The van der Waals surface area contributed by atoms with Gasteiger partial charge in [0.2, 0.25) is 0 Å². The second-order valence-electron chi connectivity index (χ2n) is 4.00. The van der Waals surface area contributed by atoms with E-state index < -0.39 is 18.0 Å². The van der Waals surface area contributed by atoms with Crippen LogP contribution in [0.5, 0.6) is 0 Å². The van der Waals surface area contributed by atoms with Gasteiger partial charge in [-0.3, -0.25) is 0 Å². The van der Waals surface area contributed by atoms with E-state index in [0.29, 0.717) is 11.3 Å². The highest BCUT2D eigenvalue weighted by molar-refractivity contribution is 5.92. The Morgan fingerprint density at radius 2 is 2.25 bits per heavy atom. The number of terminal acetylenes is 1. The maximum absolute atomic E-state index is 11.7. The summed E-state index contributed by atoms with van der Waals surface area (Å²) in [6.07, 6.45) is 5.44. The van der Waals surface area contributed by atoms with Gasteiger partial charge in [-0.15, -0.1) is 6.42 Å². The van der Waals surface area contributed by atoms with Gasteiger partial charge in [-0.1, -0.05) is 12.0 Å². The Labute approximate surface area is 117 Å². The first kappa shape index (κ1) is 15.5. The summed E-state index contributed by atoms with van der Waals surface area (Å²) in [7, 11) is 1.46. The van der Waals surface area contributed by atoms with Gasteiger partial charge in [0, 0.05) is 31.4 Å². The lowest BCUT2D eigenvalue weighted by molar-refractivity contribution is -0.139. The average molecular weight is 276 g/mol. The molecule has 20 heavy (non-hydrogen) atoms. The number of hydrogen-bond acceptors (Lipinski definition) is 3. The largest absolute Gasteiger partial charge is 0.480 e. The lowest BCUT2D eigenvalue weighted by atomic mass is 10.2. The molecule has 0 aliphatic heterocycles. The molecule has 0 spiro atoms. The molecule has 106 valence electrons. The Morgan fingerprint density at radius 1 is 1.50 bits per heavy atom. The summed E-state index contributed by atoms with van der Waals surface area (Å²) < 4.78 is 4.80. The SMILES string of the molecule is C#Cc1cccc(NC(=O)NC(CCOC)C(=O)O)c1. The number of amides is 2. The fourth-order valence-corrected chi connectivity index (χ4v) is 1.51. The monoisotopic (exact) mass is 276 g/mol. The number of rotatable bonds is 6. The molecule has 0 heterocycles. The first-order valence-corrected chi connectivity index (χ1v) is 5.92. The van der Waals surface area contributed by atoms with Crippen molar-refractivity contribution < 1.29 is 19.4 Å². The van der Waals surface area contributed by atoms with Gasteiger partial charge in [0.25, 0.3) is 0 Å². The number of carbonyl (C=O) groups is 2. The van der Waals surface area contributed by atoms with Crippen LogP contribution < -0.4 is 10.6 Å². The van der Waals surface area contributed by atoms with E-state index >= 15 is 0 Å². The summed E-state index contributed by atoms with van der Waals surface area (Å²) in [5.74, 6) is 1.33. The molecule has 0 saturated carbocycles. The molecule has 0 aromatic heterocycles. The maximum atomic E-state index is 11.7. The van der Waals surface area contributed by atoms with E-state index in [2.05, 4.69) is 16.6 Å². The van der Waals surface area contributed by atoms with Crippen LogP contribution in [0.2, 0.25) is 0 Å². The van der Waals surface area contributed by atoms with E-state index in [0.717, 1.165) is 0 Å².